The average Bonchev–Trinajstić information content (AvgIpc) is 3.41. The van der Waals surface area contributed by atoms with Crippen molar-refractivity contribution in [2.24, 2.45) is 0 Å². The zero-order valence-electron chi connectivity index (χ0n) is 19.9. The molecule has 182 valence electrons. The molecule has 2 heterocycles. The van der Waals surface area contributed by atoms with Crippen LogP contribution in [0.2, 0.25) is 0 Å². The summed E-state index contributed by atoms with van der Waals surface area (Å²) in [6.45, 7) is 1.97. The van der Waals surface area contributed by atoms with Crippen molar-refractivity contribution in [1.29, 1.82) is 0 Å². The molecule has 1 aliphatic rings. The number of aromatic nitrogens is 1. The predicted octanol–water partition coefficient (Wildman–Crippen LogP) is 5.77. The third-order valence-electron chi connectivity index (χ3n) is 6.04. The molecule has 0 aliphatic carbocycles. The number of hydrogen-bond acceptors (Lipinski definition) is 6. The molecule has 0 fully saturated rings. The minimum absolute atomic E-state index is 0.170. The Labute approximate surface area is 214 Å². The van der Waals surface area contributed by atoms with Crippen LogP contribution in [0, 0.1) is 0 Å². The largest absolute Gasteiger partial charge is 0.478 e. The van der Waals surface area contributed by atoms with Gasteiger partial charge in [-0.15, -0.1) is 11.3 Å². The Morgan fingerprint density at radius 3 is 2.53 bits per heavy atom. The van der Waals surface area contributed by atoms with Crippen molar-refractivity contribution in [2.75, 3.05) is 18.1 Å². The number of carbonyl (C=O) groups excluding carboxylic acids is 2. The van der Waals surface area contributed by atoms with E-state index in [-0.39, 0.29) is 19.1 Å². The first-order valence-corrected chi connectivity index (χ1v) is 12.8. The number of carbonyl (C=O) groups is 2. The van der Waals surface area contributed by atoms with Crippen LogP contribution in [0.3, 0.4) is 0 Å². The zero-order chi connectivity index (χ0) is 24.9. The van der Waals surface area contributed by atoms with Crippen molar-refractivity contribution in [3.05, 3.63) is 89.8 Å². The van der Waals surface area contributed by atoms with Crippen LogP contribution in [-0.4, -0.2) is 36.1 Å². The third-order valence-corrected chi connectivity index (χ3v) is 6.93. The number of ether oxygens (including phenoxy) is 2. The molecule has 1 atom stereocenters. The molecule has 3 aromatic carbocycles. The quantitative estimate of drug-likeness (QED) is 0.289. The molecule has 0 N–H and O–H groups in total. The molecule has 0 radical (unpaired) electrons. The van der Waals surface area contributed by atoms with Gasteiger partial charge in [-0.2, -0.15) is 0 Å². The molecule has 1 aromatic heterocycles. The normalized spacial score (nSPS) is 14.8. The lowest BCUT2D eigenvalue weighted by atomic mass is 10.1. The van der Waals surface area contributed by atoms with Crippen LogP contribution in [0.15, 0.2) is 84.2 Å². The lowest BCUT2D eigenvalue weighted by Crippen LogP contribution is -2.48. The molecule has 5 rings (SSSR count). The number of hydrogen-bond donors (Lipinski definition) is 0. The summed E-state index contributed by atoms with van der Waals surface area (Å²) in [6, 6.07) is 25.5. The topological polar surface area (TPSA) is 68.7 Å². The van der Waals surface area contributed by atoms with Gasteiger partial charge in [0.15, 0.2) is 6.10 Å². The third kappa shape index (κ3) is 5.16. The van der Waals surface area contributed by atoms with Gasteiger partial charge in [0, 0.05) is 22.9 Å². The van der Waals surface area contributed by atoms with Gasteiger partial charge < -0.3 is 9.47 Å². The Balaban J connectivity index is 1.35. The Morgan fingerprint density at radius 1 is 1.03 bits per heavy atom. The number of fused-ring (bicyclic) bond motifs is 1. The monoisotopic (exact) mass is 498 g/mol. The zero-order valence-corrected chi connectivity index (χ0v) is 20.7. The van der Waals surface area contributed by atoms with Crippen molar-refractivity contribution < 1.29 is 19.1 Å². The van der Waals surface area contributed by atoms with E-state index in [2.05, 4.69) is 0 Å². The molecule has 36 heavy (non-hydrogen) atoms. The van der Waals surface area contributed by atoms with E-state index >= 15 is 0 Å². The van der Waals surface area contributed by atoms with Crippen molar-refractivity contribution in [3.8, 4) is 27.6 Å². The van der Waals surface area contributed by atoms with Crippen LogP contribution < -0.4 is 9.64 Å². The predicted molar refractivity (Wildman–Crippen MR) is 141 cm³/mol. The van der Waals surface area contributed by atoms with Crippen molar-refractivity contribution in [1.82, 2.24) is 4.98 Å². The molecule has 1 unspecified atom stereocenters. The summed E-state index contributed by atoms with van der Waals surface area (Å²) in [5, 5.41) is 2.91. The molecule has 1 aliphatic heterocycles. The molecule has 6 nitrogen and oxygen atoms in total. The highest BCUT2D eigenvalue weighted by atomic mass is 32.1. The van der Waals surface area contributed by atoms with E-state index in [0.29, 0.717) is 24.3 Å². The summed E-state index contributed by atoms with van der Waals surface area (Å²) in [5.74, 6) is -0.126. The Hall–Kier alpha value is -3.97. The van der Waals surface area contributed by atoms with Crippen molar-refractivity contribution in [2.45, 2.75) is 25.9 Å². The van der Waals surface area contributed by atoms with Gasteiger partial charge in [-0.25, -0.2) is 4.98 Å². The first-order valence-electron chi connectivity index (χ1n) is 12.0. The average molecular weight is 499 g/mol. The summed E-state index contributed by atoms with van der Waals surface area (Å²) in [6.07, 6.45) is 0.492. The Kier molecular flexibility index (Phi) is 7.09. The van der Waals surface area contributed by atoms with E-state index in [1.165, 1.54) is 4.90 Å². The highest BCUT2D eigenvalue weighted by molar-refractivity contribution is 7.13. The lowest BCUT2D eigenvalue weighted by molar-refractivity contribution is -0.143. The number of anilines is 1. The van der Waals surface area contributed by atoms with E-state index in [4.69, 9.17) is 14.5 Å². The Bertz CT molecular complexity index is 1350. The number of benzene rings is 3. The number of thiazole rings is 1. The van der Waals surface area contributed by atoms with Gasteiger partial charge in [0.25, 0.3) is 5.91 Å². The minimum Gasteiger partial charge on any atom is -0.478 e. The SMILES string of the molecule is CCC1Oc2ccc(-c3csc(-c4ccccc4)n3)cc2N(CC(=O)OCCc2ccccc2)C1=O. The first kappa shape index (κ1) is 23.8. The summed E-state index contributed by atoms with van der Waals surface area (Å²) in [5.41, 5.74) is 4.34. The van der Waals surface area contributed by atoms with Gasteiger partial charge in [-0.05, 0) is 30.2 Å². The van der Waals surface area contributed by atoms with E-state index in [1.54, 1.807) is 11.3 Å². The first-order chi connectivity index (χ1) is 17.6. The molecular formula is C29H26N2O4S. The molecule has 0 bridgehead atoms. The van der Waals surface area contributed by atoms with E-state index in [1.807, 2.05) is 91.2 Å². The summed E-state index contributed by atoms with van der Waals surface area (Å²) in [7, 11) is 0. The van der Waals surface area contributed by atoms with Gasteiger partial charge in [0.2, 0.25) is 0 Å². The fourth-order valence-electron chi connectivity index (χ4n) is 4.13. The van der Waals surface area contributed by atoms with E-state index in [9.17, 15) is 9.59 Å². The number of nitrogens with zero attached hydrogens (tertiary/aromatic N) is 2. The second kappa shape index (κ2) is 10.7. The maximum atomic E-state index is 13.2. The fraction of sp³-hybridized carbons (Fsp3) is 0.207. The second-order valence-electron chi connectivity index (χ2n) is 8.48. The van der Waals surface area contributed by atoms with E-state index < -0.39 is 12.1 Å². The Morgan fingerprint density at radius 2 is 1.78 bits per heavy atom. The number of rotatable bonds is 8. The number of amides is 1. The van der Waals surface area contributed by atoms with E-state index in [0.717, 1.165) is 27.4 Å². The molecule has 1 amide bonds. The molecule has 7 heteroatoms. The second-order valence-corrected chi connectivity index (χ2v) is 9.34. The van der Waals surface area contributed by atoms with Crippen LogP contribution in [-0.2, 0) is 20.7 Å². The van der Waals surface area contributed by atoms with Crippen molar-refractivity contribution in [3.63, 3.8) is 0 Å². The van der Waals surface area contributed by atoms with Crippen LogP contribution in [0.25, 0.3) is 21.8 Å². The molecular weight excluding hydrogens is 472 g/mol. The van der Waals surface area contributed by atoms with Crippen LogP contribution in [0.5, 0.6) is 5.75 Å². The summed E-state index contributed by atoms with van der Waals surface area (Å²) >= 11 is 1.56. The molecule has 4 aromatic rings. The van der Waals surface area contributed by atoms with Gasteiger partial charge in [0.1, 0.15) is 17.3 Å². The van der Waals surface area contributed by atoms with Gasteiger partial charge in [-0.3, -0.25) is 14.5 Å². The summed E-state index contributed by atoms with van der Waals surface area (Å²) < 4.78 is 11.4. The van der Waals surface area contributed by atoms with Gasteiger partial charge in [-0.1, -0.05) is 67.6 Å². The van der Waals surface area contributed by atoms with Crippen molar-refractivity contribution >= 4 is 28.9 Å². The highest BCUT2D eigenvalue weighted by Crippen LogP contribution is 2.39. The highest BCUT2D eigenvalue weighted by Gasteiger charge is 2.35. The molecule has 0 spiro atoms. The number of esters is 1. The summed E-state index contributed by atoms with van der Waals surface area (Å²) in [4.78, 5) is 32.1. The molecule has 0 saturated carbocycles. The smallest absolute Gasteiger partial charge is 0.326 e. The van der Waals surface area contributed by atoms with Gasteiger partial charge in [0.05, 0.1) is 18.0 Å². The minimum atomic E-state index is -0.635. The maximum absolute atomic E-state index is 13.2. The van der Waals surface area contributed by atoms with Crippen LogP contribution >= 0.6 is 11.3 Å². The van der Waals surface area contributed by atoms with Crippen LogP contribution in [0.4, 0.5) is 5.69 Å². The lowest BCUT2D eigenvalue weighted by Gasteiger charge is -2.33. The fourth-order valence-corrected chi connectivity index (χ4v) is 4.96. The maximum Gasteiger partial charge on any atom is 0.326 e. The molecule has 0 saturated heterocycles. The van der Waals surface area contributed by atoms with Crippen LogP contribution in [0.1, 0.15) is 18.9 Å². The van der Waals surface area contributed by atoms with Gasteiger partial charge >= 0.3 is 5.97 Å². The standard InChI is InChI=1S/C29H26N2O4S/c1-2-25-29(33)31(18-27(32)34-16-15-20-9-5-3-6-10-20)24-17-22(13-14-26(24)35-25)23-19-36-28(30-23)21-11-7-4-8-12-21/h3-14,17,19,25H,2,15-16,18H2,1H3.